The number of hydrogen-bond donors (Lipinski definition) is 1. The van der Waals surface area contributed by atoms with Gasteiger partial charge in [-0.1, -0.05) is 36.4 Å². The second-order valence-electron chi connectivity index (χ2n) is 8.47. The quantitative estimate of drug-likeness (QED) is 0.489. The van der Waals surface area contributed by atoms with Gasteiger partial charge in [0, 0.05) is 59.6 Å². The Balaban J connectivity index is 0.000000417. The molecule has 3 rings (SSSR count). The second kappa shape index (κ2) is 17.3. The number of nitrogens with zero attached hydrogens (tertiary/aromatic N) is 3. The van der Waals surface area contributed by atoms with E-state index in [9.17, 15) is 13.8 Å². The number of nitrogens with one attached hydrogen (secondary N) is 1. The largest absolute Gasteiger partial charge is 0.368 e. The fourth-order valence-electron chi connectivity index (χ4n) is 3.32. The van der Waals surface area contributed by atoms with Crippen LogP contribution in [0.4, 0.5) is 0 Å². The number of carbonyl (C=O) groups is 3. The number of aldehydes is 1. The van der Waals surface area contributed by atoms with Crippen LogP contribution in [0.2, 0.25) is 0 Å². The fraction of sp³-hybridized carbons (Fsp3) is 0.407. The number of carbonyl (C=O) groups excluding carboxylic acids is 3. The van der Waals surface area contributed by atoms with E-state index >= 15 is 0 Å². The van der Waals surface area contributed by atoms with Gasteiger partial charge in [-0.3, -0.25) is 18.8 Å². The van der Waals surface area contributed by atoms with Crippen LogP contribution in [0.15, 0.2) is 58.4 Å². The molecule has 36 heavy (non-hydrogen) atoms. The standard InChI is InChI=1S/C18H28N4O.C8H8O2S.CH2O/c1-21(2)13-4-5-17(23)22(3)14-10-15-6-8-16(9-7-15)18-19-11-12-20-18;1-11(10)8-4-2-7(6-9)3-5-8;1-2/h6-9H,4-5,10-14H2,1-3H3,(H,19,20);2-6H,1H3;1H2. The number of amides is 1. The first-order valence-corrected chi connectivity index (χ1v) is 13.3. The SMILES string of the molecule is C=O.CN(C)CCCC(=O)N(C)CCc1ccc(C2=NCCN2)cc1.CS(=O)c1ccc(C=O)cc1. The summed E-state index contributed by atoms with van der Waals surface area (Å²) in [4.78, 5) is 39.4. The molecule has 1 atom stereocenters. The van der Waals surface area contributed by atoms with Crippen LogP contribution in [0.5, 0.6) is 0 Å². The molecule has 0 saturated carbocycles. The van der Waals surface area contributed by atoms with Crippen molar-refractivity contribution in [3.05, 3.63) is 65.2 Å². The highest BCUT2D eigenvalue weighted by Gasteiger charge is 2.10. The van der Waals surface area contributed by atoms with Gasteiger partial charge in [-0.05, 0) is 51.2 Å². The van der Waals surface area contributed by atoms with Crippen LogP contribution in [0, 0.1) is 0 Å². The summed E-state index contributed by atoms with van der Waals surface area (Å²) in [5.74, 6) is 1.22. The predicted octanol–water partition coefficient (Wildman–Crippen LogP) is 2.43. The van der Waals surface area contributed by atoms with Gasteiger partial charge in [-0.25, -0.2) is 0 Å². The van der Waals surface area contributed by atoms with Gasteiger partial charge in [-0.15, -0.1) is 0 Å². The molecule has 0 radical (unpaired) electrons. The van der Waals surface area contributed by atoms with E-state index in [4.69, 9.17) is 4.79 Å². The average molecular weight is 515 g/mol. The summed E-state index contributed by atoms with van der Waals surface area (Å²) >= 11 is 0. The van der Waals surface area contributed by atoms with Gasteiger partial charge >= 0.3 is 0 Å². The molecule has 2 aromatic rings. The summed E-state index contributed by atoms with van der Waals surface area (Å²) in [6.45, 7) is 5.51. The molecule has 8 nitrogen and oxygen atoms in total. The predicted molar refractivity (Wildman–Crippen MR) is 146 cm³/mol. The molecule has 1 amide bonds. The lowest BCUT2D eigenvalue weighted by Gasteiger charge is -2.18. The van der Waals surface area contributed by atoms with Crippen molar-refractivity contribution in [3.63, 3.8) is 0 Å². The third-order valence-corrected chi connectivity index (χ3v) is 6.34. The molecule has 0 aliphatic carbocycles. The Kier molecular flexibility index (Phi) is 14.8. The van der Waals surface area contributed by atoms with E-state index in [0.717, 1.165) is 61.6 Å². The molecule has 0 aromatic heterocycles. The molecule has 0 saturated heterocycles. The molecule has 1 aliphatic rings. The zero-order valence-electron chi connectivity index (χ0n) is 21.7. The van der Waals surface area contributed by atoms with Crippen LogP contribution in [0.25, 0.3) is 0 Å². The number of benzene rings is 2. The first-order chi connectivity index (χ1) is 17.3. The summed E-state index contributed by atoms with van der Waals surface area (Å²) in [7, 11) is 5.00. The van der Waals surface area contributed by atoms with Crippen LogP contribution >= 0.6 is 0 Å². The maximum atomic E-state index is 12.1. The normalized spacial score (nSPS) is 12.8. The van der Waals surface area contributed by atoms with Crippen molar-refractivity contribution in [1.29, 1.82) is 0 Å². The lowest BCUT2D eigenvalue weighted by atomic mass is 10.1. The Bertz CT molecular complexity index is 992. The zero-order valence-corrected chi connectivity index (χ0v) is 22.6. The van der Waals surface area contributed by atoms with Gasteiger partial charge in [0.15, 0.2) is 0 Å². The number of aliphatic imine (C=N–C) groups is 1. The second-order valence-corrected chi connectivity index (χ2v) is 9.85. The molecule has 1 aliphatic heterocycles. The van der Waals surface area contributed by atoms with Crippen LogP contribution in [-0.2, 0) is 26.8 Å². The number of likely N-dealkylation sites (N-methyl/N-ethyl adjacent to an activating group) is 1. The number of amidine groups is 1. The summed E-state index contributed by atoms with van der Waals surface area (Å²) < 4.78 is 10.9. The monoisotopic (exact) mass is 514 g/mol. The minimum absolute atomic E-state index is 0.230. The van der Waals surface area contributed by atoms with E-state index < -0.39 is 10.8 Å². The number of rotatable bonds is 10. The Labute approximate surface area is 217 Å². The van der Waals surface area contributed by atoms with E-state index in [2.05, 4.69) is 39.5 Å². The van der Waals surface area contributed by atoms with Crippen LogP contribution in [0.3, 0.4) is 0 Å². The van der Waals surface area contributed by atoms with Crippen molar-refractivity contribution in [3.8, 4) is 0 Å². The van der Waals surface area contributed by atoms with Crippen LogP contribution in [-0.4, -0.2) is 92.4 Å². The molecule has 0 fully saturated rings. The van der Waals surface area contributed by atoms with E-state index in [0.29, 0.717) is 12.0 Å². The topological polar surface area (TPSA) is 99.2 Å². The molecular weight excluding hydrogens is 476 g/mol. The maximum absolute atomic E-state index is 12.1. The van der Waals surface area contributed by atoms with Crippen molar-refractivity contribution in [2.75, 3.05) is 53.6 Å². The van der Waals surface area contributed by atoms with E-state index in [1.54, 1.807) is 30.5 Å². The van der Waals surface area contributed by atoms with Crippen molar-refractivity contribution >= 4 is 35.6 Å². The van der Waals surface area contributed by atoms with Gasteiger partial charge < -0.3 is 19.9 Å². The third kappa shape index (κ3) is 11.5. The van der Waals surface area contributed by atoms with E-state index in [-0.39, 0.29) is 5.91 Å². The van der Waals surface area contributed by atoms with Crippen molar-refractivity contribution in [2.45, 2.75) is 24.2 Å². The lowest BCUT2D eigenvalue weighted by Crippen LogP contribution is -2.29. The molecule has 9 heteroatoms. The highest BCUT2D eigenvalue weighted by atomic mass is 32.2. The number of hydrogen-bond acceptors (Lipinski definition) is 7. The summed E-state index contributed by atoms with van der Waals surface area (Å²) in [5, 5.41) is 3.28. The maximum Gasteiger partial charge on any atom is 0.222 e. The van der Waals surface area contributed by atoms with Crippen molar-refractivity contribution < 1.29 is 18.6 Å². The fourth-order valence-corrected chi connectivity index (χ4v) is 3.84. The summed E-state index contributed by atoms with van der Waals surface area (Å²) in [5.41, 5.74) is 3.00. The average Bonchev–Trinajstić information content (AvgIpc) is 3.44. The van der Waals surface area contributed by atoms with Gasteiger partial charge in [-0.2, -0.15) is 0 Å². The summed E-state index contributed by atoms with van der Waals surface area (Å²) in [6.07, 6.45) is 4.80. The molecule has 1 heterocycles. The van der Waals surface area contributed by atoms with Gasteiger partial charge in [0.2, 0.25) is 5.91 Å². The molecule has 1 N–H and O–H groups in total. The zero-order chi connectivity index (χ0) is 26.9. The Morgan fingerprint density at radius 1 is 1.06 bits per heavy atom. The highest BCUT2D eigenvalue weighted by Crippen LogP contribution is 2.09. The Morgan fingerprint density at radius 3 is 2.19 bits per heavy atom. The van der Waals surface area contributed by atoms with Gasteiger partial charge in [0.25, 0.3) is 0 Å². The van der Waals surface area contributed by atoms with Gasteiger partial charge in [0.1, 0.15) is 18.9 Å². The molecule has 196 valence electrons. The summed E-state index contributed by atoms with van der Waals surface area (Å²) in [6, 6.07) is 15.2. The van der Waals surface area contributed by atoms with Crippen LogP contribution < -0.4 is 5.32 Å². The highest BCUT2D eigenvalue weighted by molar-refractivity contribution is 7.84. The van der Waals surface area contributed by atoms with Crippen molar-refractivity contribution in [2.24, 2.45) is 4.99 Å². The minimum Gasteiger partial charge on any atom is -0.368 e. The third-order valence-electron chi connectivity index (χ3n) is 5.41. The van der Waals surface area contributed by atoms with Gasteiger partial charge in [0.05, 0.1) is 6.54 Å². The molecule has 1 unspecified atom stereocenters. The molecule has 0 spiro atoms. The Morgan fingerprint density at radius 2 is 1.69 bits per heavy atom. The van der Waals surface area contributed by atoms with Crippen LogP contribution in [0.1, 0.15) is 34.3 Å². The Hall–Kier alpha value is -3.17. The minimum atomic E-state index is -0.955. The van der Waals surface area contributed by atoms with Crippen molar-refractivity contribution in [1.82, 2.24) is 15.1 Å². The molecule has 0 bridgehead atoms. The molecule has 2 aromatic carbocycles. The smallest absolute Gasteiger partial charge is 0.222 e. The first-order valence-electron chi connectivity index (χ1n) is 11.7. The molecular formula is C27H38N4O4S. The van der Waals surface area contributed by atoms with E-state index in [1.165, 1.54) is 5.56 Å². The van der Waals surface area contributed by atoms with E-state index in [1.807, 2.05) is 32.8 Å². The first kappa shape index (κ1) is 30.9. The lowest BCUT2D eigenvalue weighted by molar-refractivity contribution is -0.130.